The molecule has 1 aromatic carbocycles. The van der Waals surface area contributed by atoms with E-state index in [9.17, 15) is 17.3 Å². The van der Waals surface area contributed by atoms with Gasteiger partial charge >= 0.3 is 6.98 Å². The van der Waals surface area contributed by atoms with E-state index in [1.165, 1.54) is 6.07 Å². The molecular formula is C8H5BF4N-. The van der Waals surface area contributed by atoms with Crippen molar-refractivity contribution >= 4 is 6.98 Å². The molecule has 0 aliphatic carbocycles. The van der Waals surface area contributed by atoms with Crippen molar-refractivity contribution in [2.45, 2.75) is 6.32 Å². The van der Waals surface area contributed by atoms with Crippen LogP contribution in [-0.2, 0) is 6.32 Å². The summed E-state index contributed by atoms with van der Waals surface area (Å²) in [5.41, 5.74) is -0.446. The third-order valence-electron chi connectivity index (χ3n) is 1.62. The lowest BCUT2D eigenvalue weighted by Gasteiger charge is -2.13. The van der Waals surface area contributed by atoms with Crippen molar-refractivity contribution in [3.05, 3.63) is 35.1 Å². The average Bonchev–Trinajstić information content (AvgIpc) is 2.06. The SMILES string of the molecule is N#Cc1cc(C[B-](F)(F)F)ccc1F. The van der Waals surface area contributed by atoms with E-state index in [1.807, 2.05) is 0 Å². The minimum absolute atomic E-state index is 0.0875. The number of nitriles is 1. The molecule has 0 fully saturated rings. The number of rotatable bonds is 2. The first-order valence-electron chi connectivity index (χ1n) is 3.82. The highest BCUT2D eigenvalue weighted by atomic mass is 19.4. The minimum Gasteiger partial charge on any atom is -0.449 e. The fraction of sp³-hybridized carbons (Fsp3) is 0.125. The Hall–Kier alpha value is -1.51. The summed E-state index contributed by atoms with van der Waals surface area (Å²) in [5.74, 6) is -0.800. The van der Waals surface area contributed by atoms with Crippen LogP contribution in [-0.4, -0.2) is 6.98 Å². The van der Waals surface area contributed by atoms with Gasteiger partial charge in [-0.2, -0.15) is 5.26 Å². The largest absolute Gasteiger partial charge is 0.482 e. The molecule has 6 heteroatoms. The van der Waals surface area contributed by atoms with Gasteiger partial charge in [0.1, 0.15) is 11.9 Å². The molecule has 1 aromatic rings. The second-order valence-electron chi connectivity index (χ2n) is 2.84. The fourth-order valence-corrected chi connectivity index (χ4v) is 1.05. The van der Waals surface area contributed by atoms with E-state index in [4.69, 9.17) is 5.26 Å². The predicted molar refractivity (Wildman–Crippen MR) is 43.9 cm³/mol. The Morgan fingerprint density at radius 2 is 1.93 bits per heavy atom. The maximum absolute atomic E-state index is 12.7. The highest BCUT2D eigenvalue weighted by Crippen LogP contribution is 2.18. The van der Waals surface area contributed by atoms with Crippen LogP contribution in [0.25, 0.3) is 0 Å². The summed E-state index contributed by atoms with van der Waals surface area (Å²) in [6.07, 6.45) is -1.09. The van der Waals surface area contributed by atoms with Crippen LogP contribution in [0.2, 0.25) is 0 Å². The van der Waals surface area contributed by atoms with Gasteiger partial charge in [-0.3, -0.25) is 0 Å². The van der Waals surface area contributed by atoms with E-state index >= 15 is 0 Å². The Labute approximate surface area is 78.0 Å². The van der Waals surface area contributed by atoms with Crippen molar-refractivity contribution in [1.82, 2.24) is 0 Å². The summed E-state index contributed by atoms with van der Waals surface area (Å²) in [4.78, 5) is 0. The van der Waals surface area contributed by atoms with Gasteiger partial charge in [-0.05, 0) is 12.1 Å². The maximum Gasteiger partial charge on any atom is 0.482 e. The Morgan fingerprint density at radius 1 is 1.29 bits per heavy atom. The Morgan fingerprint density at radius 3 is 2.43 bits per heavy atom. The van der Waals surface area contributed by atoms with Crippen molar-refractivity contribution in [1.29, 1.82) is 5.26 Å². The molecule has 0 atom stereocenters. The summed E-state index contributed by atoms with van der Waals surface area (Å²) >= 11 is 0. The zero-order valence-electron chi connectivity index (χ0n) is 6.98. The fourth-order valence-electron chi connectivity index (χ4n) is 1.05. The van der Waals surface area contributed by atoms with E-state index in [2.05, 4.69) is 0 Å². The van der Waals surface area contributed by atoms with E-state index in [-0.39, 0.29) is 11.1 Å². The second-order valence-corrected chi connectivity index (χ2v) is 2.84. The first-order chi connectivity index (χ1) is 6.42. The van der Waals surface area contributed by atoms with Gasteiger partial charge in [0.2, 0.25) is 0 Å². The van der Waals surface area contributed by atoms with Crippen LogP contribution >= 0.6 is 0 Å². The molecule has 0 radical (unpaired) electrons. The lowest BCUT2D eigenvalue weighted by atomic mass is 9.81. The monoisotopic (exact) mass is 202 g/mol. The van der Waals surface area contributed by atoms with Gasteiger partial charge in [0.15, 0.2) is 0 Å². The molecule has 0 saturated carbocycles. The normalized spacial score (nSPS) is 11.1. The molecular weight excluding hydrogens is 197 g/mol. The standard InChI is InChI=1S/C8H5BF4N/c10-8-2-1-6(3-7(8)5-14)4-9(11,12)13/h1-3H,4H2/q-1. The Kier molecular flexibility index (Phi) is 2.80. The van der Waals surface area contributed by atoms with Crippen LogP contribution in [0.5, 0.6) is 0 Å². The molecule has 0 amide bonds. The van der Waals surface area contributed by atoms with Gasteiger partial charge in [0.05, 0.1) is 5.56 Å². The molecule has 0 unspecified atom stereocenters. The number of hydrogen-bond donors (Lipinski definition) is 0. The molecule has 14 heavy (non-hydrogen) atoms. The van der Waals surface area contributed by atoms with E-state index < -0.39 is 19.1 Å². The van der Waals surface area contributed by atoms with Gasteiger partial charge in [-0.1, -0.05) is 17.9 Å². The molecule has 74 valence electrons. The van der Waals surface area contributed by atoms with E-state index in [1.54, 1.807) is 0 Å². The molecule has 0 heterocycles. The summed E-state index contributed by atoms with van der Waals surface area (Å²) in [6, 6.07) is 4.31. The minimum atomic E-state index is -4.95. The van der Waals surface area contributed by atoms with Gasteiger partial charge < -0.3 is 12.9 Å². The van der Waals surface area contributed by atoms with Gasteiger partial charge in [0, 0.05) is 0 Å². The number of hydrogen-bond acceptors (Lipinski definition) is 1. The van der Waals surface area contributed by atoms with Crippen molar-refractivity contribution in [2.24, 2.45) is 0 Å². The molecule has 0 saturated heterocycles. The van der Waals surface area contributed by atoms with Crippen molar-refractivity contribution in [3.8, 4) is 6.07 Å². The van der Waals surface area contributed by atoms with Gasteiger partial charge in [0.25, 0.3) is 0 Å². The van der Waals surface area contributed by atoms with Crippen LogP contribution in [0.1, 0.15) is 11.1 Å². The third-order valence-corrected chi connectivity index (χ3v) is 1.62. The van der Waals surface area contributed by atoms with Crippen molar-refractivity contribution in [2.75, 3.05) is 0 Å². The topological polar surface area (TPSA) is 23.8 Å². The molecule has 0 aliphatic rings. The summed E-state index contributed by atoms with van der Waals surface area (Å²) < 4.78 is 48.6. The lowest BCUT2D eigenvalue weighted by Crippen LogP contribution is -2.19. The highest BCUT2D eigenvalue weighted by molar-refractivity contribution is 6.57. The van der Waals surface area contributed by atoms with Gasteiger partial charge in [-0.25, -0.2) is 4.39 Å². The molecule has 1 nitrogen and oxygen atoms in total. The van der Waals surface area contributed by atoms with Crippen molar-refractivity contribution in [3.63, 3.8) is 0 Å². The summed E-state index contributed by atoms with van der Waals surface area (Å²) in [5, 5.41) is 8.38. The second kappa shape index (κ2) is 3.70. The first kappa shape index (κ1) is 10.6. The quantitative estimate of drug-likeness (QED) is 0.534. The zero-order chi connectivity index (χ0) is 10.8. The van der Waals surface area contributed by atoms with Crippen LogP contribution in [0.15, 0.2) is 18.2 Å². The molecule has 0 spiro atoms. The summed E-state index contributed by atoms with van der Waals surface area (Å²) in [7, 11) is 0. The Bertz CT molecular complexity index is 380. The van der Waals surface area contributed by atoms with E-state index in [0.29, 0.717) is 0 Å². The van der Waals surface area contributed by atoms with Crippen LogP contribution < -0.4 is 0 Å². The molecule has 0 aliphatic heterocycles. The first-order valence-corrected chi connectivity index (χ1v) is 3.82. The van der Waals surface area contributed by atoms with Crippen molar-refractivity contribution < 1.29 is 17.3 Å². The summed E-state index contributed by atoms with van der Waals surface area (Å²) in [6.45, 7) is -4.95. The molecule has 0 bridgehead atoms. The van der Waals surface area contributed by atoms with Crippen LogP contribution in [0.3, 0.4) is 0 Å². The maximum atomic E-state index is 12.7. The number of nitrogens with zero attached hydrogens (tertiary/aromatic N) is 1. The van der Waals surface area contributed by atoms with E-state index in [0.717, 1.165) is 18.2 Å². The molecule has 1 rings (SSSR count). The van der Waals surface area contributed by atoms with Gasteiger partial charge in [-0.15, -0.1) is 0 Å². The average molecular weight is 202 g/mol. The van der Waals surface area contributed by atoms with Crippen LogP contribution in [0.4, 0.5) is 17.3 Å². The predicted octanol–water partition coefficient (Wildman–Crippen LogP) is 2.63. The molecule has 0 aromatic heterocycles. The zero-order valence-corrected chi connectivity index (χ0v) is 6.98. The molecule has 0 N–H and O–H groups in total. The van der Waals surface area contributed by atoms with Crippen LogP contribution in [0, 0.1) is 17.1 Å². The highest BCUT2D eigenvalue weighted by Gasteiger charge is 2.23. The third kappa shape index (κ3) is 2.77. The lowest BCUT2D eigenvalue weighted by molar-refractivity contribution is 0.468. The number of halogens is 4. The number of benzene rings is 1. The Balaban J connectivity index is 2.97. The smallest absolute Gasteiger partial charge is 0.449 e.